The van der Waals surface area contributed by atoms with Crippen molar-refractivity contribution in [3.05, 3.63) is 32.7 Å². The lowest BCUT2D eigenvalue weighted by Crippen LogP contribution is -2.19. The lowest BCUT2D eigenvalue weighted by Gasteiger charge is -2.13. The van der Waals surface area contributed by atoms with Crippen LogP contribution in [-0.2, 0) is 6.54 Å². The zero-order chi connectivity index (χ0) is 11.4. The molecular weight excluding hydrogens is 238 g/mol. The highest BCUT2D eigenvalue weighted by atomic mass is 32.1. The van der Waals surface area contributed by atoms with Crippen LogP contribution in [0, 0.1) is 6.92 Å². The molecule has 5 heteroatoms. The van der Waals surface area contributed by atoms with E-state index >= 15 is 0 Å². The highest BCUT2D eigenvalue weighted by Crippen LogP contribution is 2.22. The first-order valence-electron chi connectivity index (χ1n) is 5.32. The van der Waals surface area contributed by atoms with Crippen LogP contribution in [0.5, 0.6) is 0 Å². The van der Waals surface area contributed by atoms with E-state index in [0.29, 0.717) is 6.04 Å². The van der Waals surface area contributed by atoms with E-state index in [1.807, 2.05) is 17.9 Å². The molecule has 0 spiro atoms. The van der Waals surface area contributed by atoms with Crippen molar-refractivity contribution in [1.82, 2.24) is 15.3 Å². The van der Waals surface area contributed by atoms with Crippen molar-refractivity contribution in [1.29, 1.82) is 0 Å². The molecule has 0 aliphatic rings. The molecule has 0 fully saturated rings. The molecule has 0 aliphatic carbocycles. The molecule has 1 atom stereocenters. The number of rotatable bonds is 5. The number of thiazole rings is 2. The molecule has 0 saturated heterocycles. The zero-order valence-corrected chi connectivity index (χ0v) is 11.1. The Labute approximate surface area is 104 Å². The first kappa shape index (κ1) is 11.7. The molecule has 16 heavy (non-hydrogen) atoms. The van der Waals surface area contributed by atoms with Gasteiger partial charge in [0.15, 0.2) is 0 Å². The Kier molecular flexibility index (Phi) is 4.04. The molecule has 1 N–H and O–H groups in total. The molecule has 2 heterocycles. The van der Waals surface area contributed by atoms with Crippen molar-refractivity contribution in [2.75, 3.05) is 0 Å². The van der Waals surface area contributed by atoms with Gasteiger partial charge in [0, 0.05) is 28.7 Å². The van der Waals surface area contributed by atoms with Gasteiger partial charge >= 0.3 is 0 Å². The third kappa shape index (κ3) is 2.87. The first-order valence-corrected chi connectivity index (χ1v) is 7.02. The summed E-state index contributed by atoms with van der Waals surface area (Å²) in [5.41, 5.74) is 1.87. The maximum atomic E-state index is 4.43. The molecule has 0 amide bonds. The maximum absolute atomic E-state index is 4.43. The minimum Gasteiger partial charge on any atom is -0.303 e. The highest BCUT2D eigenvalue weighted by molar-refractivity contribution is 7.11. The van der Waals surface area contributed by atoms with Gasteiger partial charge in [-0.2, -0.15) is 0 Å². The van der Waals surface area contributed by atoms with Crippen molar-refractivity contribution in [2.24, 2.45) is 0 Å². The minimum absolute atomic E-state index is 0.362. The van der Waals surface area contributed by atoms with Gasteiger partial charge in [-0.05, 0) is 13.3 Å². The predicted octanol–water partition coefficient (Wildman–Crippen LogP) is 3.15. The first-order chi connectivity index (χ1) is 7.79. The Morgan fingerprint density at radius 2 is 2.31 bits per heavy atom. The minimum atomic E-state index is 0.362. The lowest BCUT2D eigenvalue weighted by atomic mass is 10.2. The molecule has 1 unspecified atom stereocenters. The van der Waals surface area contributed by atoms with Gasteiger partial charge in [0.25, 0.3) is 0 Å². The summed E-state index contributed by atoms with van der Waals surface area (Å²) < 4.78 is 0. The highest BCUT2D eigenvalue weighted by Gasteiger charge is 2.12. The van der Waals surface area contributed by atoms with Gasteiger partial charge < -0.3 is 5.32 Å². The van der Waals surface area contributed by atoms with Gasteiger partial charge in [-0.3, -0.25) is 4.98 Å². The van der Waals surface area contributed by atoms with E-state index in [-0.39, 0.29) is 0 Å². The molecule has 0 aliphatic heterocycles. The molecule has 0 saturated carbocycles. The fourth-order valence-corrected chi connectivity index (χ4v) is 2.97. The van der Waals surface area contributed by atoms with Crippen LogP contribution in [0.15, 0.2) is 17.9 Å². The molecular formula is C11H15N3S2. The zero-order valence-electron chi connectivity index (χ0n) is 9.43. The number of hydrogen-bond acceptors (Lipinski definition) is 5. The summed E-state index contributed by atoms with van der Waals surface area (Å²) in [6.07, 6.45) is 4.92. The number of hydrogen-bond donors (Lipinski definition) is 1. The Bertz CT molecular complexity index is 422. The Balaban J connectivity index is 1.96. The average molecular weight is 253 g/mol. The van der Waals surface area contributed by atoms with Crippen LogP contribution < -0.4 is 5.32 Å². The Hall–Kier alpha value is -0.780. The van der Waals surface area contributed by atoms with Crippen LogP contribution in [-0.4, -0.2) is 9.97 Å². The van der Waals surface area contributed by atoms with Crippen molar-refractivity contribution >= 4 is 22.7 Å². The fourth-order valence-electron chi connectivity index (χ4n) is 1.49. The quantitative estimate of drug-likeness (QED) is 0.889. The monoisotopic (exact) mass is 253 g/mol. The summed E-state index contributed by atoms with van der Waals surface area (Å²) >= 11 is 3.46. The van der Waals surface area contributed by atoms with E-state index in [1.165, 1.54) is 14.8 Å². The molecule has 86 valence electrons. The number of nitrogens with one attached hydrogen (secondary N) is 1. The second-order valence-corrected chi connectivity index (χ2v) is 5.86. The Morgan fingerprint density at radius 1 is 1.44 bits per heavy atom. The third-order valence-electron chi connectivity index (χ3n) is 2.35. The largest absolute Gasteiger partial charge is 0.303 e. The van der Waals surface area contributed by atoms with E-state index in [4.69, 9.17) is 0 Å². The second-order valence-electron chi connectivity index (χ2n) is 3.62. The summed E-state index contributed by atoms with van der Waals surface area (Å²) in [6, 6.07) is 0.362. The van der Waals surface area contributed by atoms with Crippen molar-refractivity contribution in [3.63, 3.8) is 0 Å². The SMILES string of the molecule is CCC(NCc1cncs1)c1ncc(C)s1. The van der Waals surface area contributed by atoms with E-state index in [1.54, 1.807) is 22.7 Å². The smallest absolute Gasteiger partial charge is 0.110 e. The standard InChI is InChI=1S/C11H15N3S2/c1-3-10(11-14-4-8(2)16-11)13-6-9-5-12-7-15-9/h4-5,7,10,13H,3,6H2,1-2H3. The van der Waals surface area contributed by atoms with Crippen molar-refractivity contribution in [3.8, 4) is 0 Å². The summed E-state index contributed by atoms with van der Waals surface area (Å²) in [7, 11) is 0. The van der Waals surface area contributed by atoms with Crippen LogP contribution in [0.1, 0.15) is 34.1 Å². The predicted molar refractivity (Wildman–Crippen MR) is 68.8 cm³/mol. The van der Waals surface area contributed by atoms with Crippen LogP contribution >= 0.6 is 22.7 Å². The van der Waals surface area contributed by atoms with Gasteiger partial charge in [0.1, 0.15) is 5.01 Å². The van der Waals surface area contributed by atoms with Crippen molar-refractivity contribution < 1.29 is 0 Å². The number of nitrogens with zero attached hydrogens (tertiary/aromatic N) is 2. The average Bonchev–Trinajstić information content (AvgIpc) is 2.91. The van der Waals surface area contributed by atoms with Gasteiger partial charge in [-0.25, -0.2) is 4.98 Å². The van der Waals surface area contributed by atoms with E-state index in [9.17, 15) is 0 Å². The van der Waals surface area contributed by atoms with Crippen LogP contribution in [0.25, 0.3) is 0 Å². The summed E-state index contributed by atoms with van der Waals surface area (Å²) in [5, 5.41) is 4.70. The third-order valence-corrected chi connectivity index (χ3v) is 4.16. The molecule has 0 bridgehead atoms. The lowest BCUT2D eigenvalue weighted by molar-refractivity contribution is 0.519. The fraction of sp³-hybridized carbons (Fsp3) is 0.455. The molecule has 0 aromatic carbocycles. The summed E-state index contributed by atoms with van der Waals surface area (Å²) in [5.74, 6) is 0. The normalized spacial score (nSPS) is 12.9. The molecule has 3 nitrogen and oxygen atoms in total. The van der Waals surface area contributed by atoms with E-state index in [2.05, 4.69) is 29.1 Å². The number of aromatic nitrogens is 2. The van der Waals surface area contributed by atoms with Gasteiger partial charge in [-0.1, -0.05) is 6.92 Å². The molecule has 0 radical (unpaired) electrons. The molecule has 2 aromatic rings. The summed E-state index contributed by atoms with van der Waals surface area (Å²) in [6.45, 7) is 5.15. The molecule has 2 rings (SSSR count). The van der Waals surface area contributed by atoms with E-state index in [0.717, 1.165) is 13.0 Å². The van der Waals surface area contributed by atoms with Crippen LogP contribution in [0.3, 0.4) is 0 Å². The molecule has 2 aromatic heterocycles. The van der Waals surface area contributed by atoms with Gasteiger partial charge in [0.2, 0.25) is 0 Å². The van der Waals surface area contributed by atoms with E-state index < -0.39 is 0 Å². The van der Waals surface area contributed by atoms with Crippen LogP contribution in [0.2, 0.25) is 0 Å². The van der Waals surface area contributed by atoms with Gasteiger partial charge in [-0.15, -0.1) is 22.7 Å². The summed E-state index contributed by atoms with van der Waals surface area (Å²) in [4.78, 5) is 11.0. The Morgan fingerprint density at radius 3 is 2.88 bits per heavy atom. The van der Waals surface area contributed by atoms with Gasteiger partial charge in [0.05, 0.1) is 11.6 Å². The van der Waals surface area contributed by atoms with Crippen molar-refractivity contribution in [2.45, 2.75) is 32.9 Å². The van der Waals surface area contributed by atoms with Crippen LogP contribution in [0.4, 0.5) is 0 Å². The number of aryl methyl sites for hydroxylation is 1. The second kappa shape index (κ2) is 5.52. The maximum Gasteiger partial charge on any atom is 0.110 e. The topological polar surface area (TPSA) is 37.8 Å².